The summed E-state index contributed by atoms with van der Waals surface area (Å²) in [5, 5.41) is 5.24. The molecule has 0 aliphatic heterocycles. The van der Waals surface area contributed by atoms with Crippen LogP contribution in [-0.2, 0) is 4.79 Å². The molecule has 148 valence electrons. The smallest absolute Gasteiger partial charge is 0.186 e. The zero-order valence-corrected chi connectivity index (χ0v) is 17.5. The molecule has 0 atom stereocenters. The molecule has 0 aromatic heterocycles. The number of Topliss-reactive ketones (excluding diaryl/α,β-unsaturated/α-hetero) is 1. The Balaban J connectivity index is 1.84. The van der Waals surface area contributed by atoms with E-state index < -0.39 is 0 Å². The number of nitrogens with zero attached hydrogens (tertiary/aromatic N) is 1. The number of ether oxygens (including phenoxy) is 2. The molecule has 0 spiro atoms. The molecule has 5 nitrogen and oxygen atoms in total. The van der Waals surface area contributed by atoms with Gasteiger partial charge in [-0.1, -0.05) is 41.6 Å². The first kappa shape index (κ1) is 20.8. The van der Waals surface area contributed by atoms with Crippen LogP contribution >= 0.6 is 23.4 Å². The molecule has 0 heterocycles. The summed E-state index contributed by atoms with van der Waals surface area (Å²) in [6, 6.07) is 21.9. The summed E-state index contributed by atoms with van der Waals surface area (Å²) in [6.07, 6.45) is 0. The van der Waals surface area contributed by atoms with Gasteiger partial charge in [0, 0.05) is 22.9 Å². The van der Waals surface area contributed by atoms with E-state index in [2.05, 4.69) is 10.5 Å². The molecule has 29 heavy (non-hydrogen) atoms. The third kappa shape index (κ3) is 6.01. The van der Waals surface area contributed by atoms with Crippen LogP contribution in [-0.4, -0.2) is 17.9 Å². The van der Waals surface area contributed by atoms with Gasteiger partial charge in [-0.3, -0.25) is 10.2 Å². The molecule has 1 N–H and O–H groups in total. The standard InChI is InChI=1S/C22H19ClN2O3S/c1-15(26)22(29-19-11-8-16(23)9-12-19)25-24-20-13-10-18(27-2)14-21(20)28-17-6-4-3-5-7-17/h3-14,24H,1-2H3. The van der Waals surface area contributed by atoms with Crippen molar-refractivity contribution in [1.82, 2.24) is 0 Å². The molecule has 0 radical (unpaired) electrons. The molecule has 7 heteroatoms. The quantitative estimate of drug-likeness (QED) is 0.209. The minimum Gasteiger partial charge on any atom is -0.497 e. The summed E-state index contributed by atoms with van der Waals surface area (Å²) >= 11 is 7.17. The lowest BCUT2D eigenvalue weighted by Crippen LogP contribution is -2.08. The van der Waals surface area contributed by atoms with Crippen LogP contribution in [0.2, 0.25) is 5.02 Å². The summed E-state index contributed by atoms with van der Waals surface area (Å²) in [7, 11) is 1.59. The summed E-state index contributed by atoms with van der Waals surface area (Å²) in [5.74, 6) is 1.69. The molecule has 0 bridgehead atoms. The average molecular weight is 427 g/mol. The van der Waals surface area contributed by atoms with Gasteiger partial charge < -0.3 is 9.47 Å². The van der Waals surface area contributed by atoms with Crippen LogP contribution in [0.5, 0.6) is 17.2 Å². The van der Waals surface area contributed by atoms with Gasteiger partial charge in [-0.05, 0) is 48.5 Å². The monoisotopic (exact) mass is 426 g/mol. The van der Waals surface area contributed by atoms with E-state index in [-0.39, 0.29) is 5.78 Å². The zero-order chi connectivity index (χ0) is 20.6. The average Bonchev–Trinajstić information content (AvgIpc) is 2.73. The van der Waals surface area contributed by atoms with E-state index in [9.17, 15) is 4.79 Å². The molecule has 3 aromatic rings. The van der Waals surface area contributed by atoms with E-state index in [1.807, 2.05) is 42.5 Å². The number of carbonyl (C=O) groups is 1. The number of anilines is 1. The number of hydrazone groups is 1. The fourth-order valence-corrected chi connectivity index (χ4v) is 3.18. The number of ketones is 1. The number of hydrogen-bond donors (Lipinski definition) is 1. The number of thioether (sulfide) groups is 1. The van der Waals surface area contributed by atoms with Gasteiger partial charge in [-0.2, -0.15) is 5.10 Å². The second-order valence-electron chi connectivity index (χ2n) is 5.92. The van der Waals surface area contributed by atoms with Crippen LogP contribution in [0.4, 0.5) is 5.69 Å². The number of carbonyl (C=O) groups excluding carboxylic acids is 1. The number of hydrogen-bond acceptors (Lipinski definition) is 6. The molecule has 0 fully saturated rings. The van der Waals surface area contributed by atoms with Gasteiger partial charge in [0.15, 0.2) is 16.6 Å². The van der Waals surface area contributed by atoms with Gasteiger partial charge in [0.2, 0.25) is 0 Å². The summed E-state index contributed by atoms with van der Waals surface area (Å²) in [6.45, 7) is 1.47. The maximum Gasteiger partial charge on any atom is 0.186 e. The maximum atomic E-state index is 12.0. The Morgan fingerprint density at radius 1 is 1.00 bits per heavy atom. The van der Waals surface area contributed by atoms with Crippen LogP contribution < -0.4 is 14.9 Å². The van der Waals surface area contributed by atoms with Crippen LogP contribution in [0.3, 0.4) is 0 Å². The first-order chi connectivity index (χ1) is 14.0. The molecule has 0 aliphatic rings. The second kappa shape index (κ2) is 10.0. The largest absolute Gasteiger partial charge is 0.497 e. The Morgan fingerprint density at radius 2 is 1.72 bits per heavy atom. The lowest BCUT2D eigenvalue weighted by atomic mass is 10.2. The Hall–Kier alpha value is -2.96. The highest BCUT2D eigenvalue weighted by atomic mass is 35.5. The fraction of sp³-hybridized carbons (Fsp3) is 0.0909. The number of methoxy groups -OCH3 is 1. The lowest BCUT2D eigenvalue weighted by Gasteiger charge is -2.13. The highest BCUT2D eigenvalue weighted by Crippen LogP contribution is 2.33. The molecule has 0 amide bonds. The summed E-state index contributed by atoms with van der Waals surface area (Å²) in [5.41, 5.74) is 3.54. The van der Waals surface area contributed by atoms with Gasteiger partial charge in [0.25, 0.3) is 0 Å². The third-order valence-electron chi connectivity index (χ3n) is 3.77. The molecular weight excluding hydrogens is 408 g/mol. The first-order valence-corrected chi connectivity index (χ1v) is 9.93. The van der Waals surface area contributed by atoms with E-state index in [1.54, 1.807) is 37.4 Å². The second-order valence-corrected chi connectivity index (χ2v) is 7.42. The normalized spacial score (nSPS) is 11.1. The molecule has 3 aromatic carbocycles. The number of halogens is 1. The Bertz CT molecular complexity index is 1010. The number of para-hydroxylation sites is 1. The maximum absolute atomic E-state index is 12.0. The summed E-state index contributed by atoms with van der Waals surface area (Å²) < 4.78 is 11.2. The van der Waals surface area contributed by atoms with Crippen LogP contribution in [0, 0.1) is 0 Å². The van der Waals surface area contributed by atoms with Crippen LogP contribution in [0.15, 0.2) is 82.8 Å². The van der Waals surface area contributed by atoms with E-state index in [0.717, 1.165) is 4.90 Å². The molecule has 0 unspecified atom stereocenters. The minimum absolute atomic E-state index is 0.156. The van der Waals surface area contributed by atoms with E-state index in [0.29, 0.717) is 33.0 Å². The first-order valence-electron chi connectivity index (χ1n) is 8.74. The fourth-order valence-electron chi connectivity index (χ4n) is 2.32. The van der Waals surface area contributed by atoms with E-state index >= 15 is 0 Å². The van der Waals surface area contributed by atoms with Crippen molar-refractivity contribution in [1.29, 1.82) is 0 Å². The van der Waals surface area contributed by atoms with Gasteiger partial charge in [-0.15, -0.1) is 0 Å². The number of rotatable bonds is 7. The predicted octanol–water partition coefficient (Wildman–Crippen LogP) is 6.25. The number of benzene rings is 3. The van der Waals surface area contributed by atoms with Gasteiger partial charge >= 0.3 is 0 Å². The zero-order valence-electron chi connectivity index (χ0n) is 15.9. The lowest BCUT2D eigenvalue weighted by molar-refractivity contribution is -0.110. The van der Waals surface area contributed by atoms with Crippen molar-refractivity contribution in [2.24, 2.45) is 5.10 Å². The van der Waals surface area contributed by atoms with Crippen molar-refractivity contribution in [3.05, 3.63) is 77.8 Å². The van der Waals surface area contributed by atoms with Crippen molar-refractivity contribution in [2.75, 3.05) is 12.5 Å². The topological polar surface area (TPSA) is 59.9 Å². The highest BCUT2D eigenvalue weighted by molar-refractivity contribution is 8.15. The van der Waals surface area contributed by atoms with Crippen molar-refractivity contribution in [3.63, 3.8) is 0 Å². The molecular formula is C22H19ClN2O3S. The van der Waals surface area contributed by atoms with Crippen molar-refractivity contribution < 1.29 is 14.3 Å². The Morgan fingerprint density at radius 3 is 2.38 bits per heavy atom. The van der Waals surface area contributed by atoms with E-state index in [4.69, 9.17) is 21.1 Å². The Labute approximate surface area is 178 Å². The van der Waals surface area contributed by atoms with Gasteiger partial charge in [0.05, 0.1) is 12.8 Å². The number of nitrogens with one attached hydrogen (secondary N) is 1. The van der Waals surface area contributed by atoms with Crippen molar-refractivity contribution in [3.8, 4) is 17.2 Å². The predicted molar refractivity (Wildman–Crippen MR) is 119 cm³/mol. The summed E-state index contributed by atoms with van der Waals surface area (Å²) in [4.78, 5) is 12.9. The molecule has 0 saturated heterocycles. The SMILES string of the molecule is COc1ccc(NN=C(Sc2ccc(Cl)cc2)C(C)=O)c(Oc2ccccc2)c1. The van der Waals surface area contributed by atoms with Gasteiger partial charge in [0.1, 0.15) is 11.5 Å². The third-order valence-corrected chi connectivity index (χ3v) is 5.10. The minimum atomic E-state index is -0.156. The highest BCUT2D eigenvalue weighted by Gasteiger charge is 2.11. The van der Waals surface area contributed by atoms with Crippen LogP contribution in [0.1, 0.15) is 6.92 Å². The molecule has 0 aliphatic carbocycles. The van der Waals surface area contributed by atoms with Crippen molar-refractivity contribution >= 4 is 39.9 Å². The van der Waals surface area contributed by atoms with Gasteiger partial charge in [-0.25, -0.2) is 0 Å². The molecule has 3 rings (SSSR count). The Kier molecular flexibility index (Phi) is 7.16. The molecule has 0 saturated carbocycles. The van der Waals surface area contributed by atoms with E-state index in [1.165, 1.54) is 18.7 Å². The van der Waals surface area contributed by atoms with Crippen LogP contribution in [0.25, 0.3) is 0 Å². The van der Waals surface area contributed by atoms with Crippen molar-refractivity contribution in [2.45, 2.75) is 11.8 Å².